The van der Waals surface area contributed by atoms with Gasteiger partial charge in [0.15, 0.2) is 0 Å². The van der Waals surface area contributed by atoms with Gasteiger partial charge in [0.1, 0.15) is 0 Å². The molecule has 0 N–H and O–H groups in total. The van der Waals surface area contributed by atoms with Crippen molar-refractivity contribution in [3.8, 4) is 0 Å². The molecule has 0 fully saturated rings. The van der Waals surface area contributed by atoms with Gasteiger partial charge in [0.25, 0.3) is 0 Å². The second-order valence-corrected chi connectivity index (χ2v) is 5.57. The molecule has 0 aliphatic rings. The maximum absolute atomic E-state index is 11.1. The summed E-state index contributed by atoms with van der Waals surface area (Å²) in [5.74, 6) is -0.648. The van der Waals surface area contributed by atoms with Crippen LogP contribution in [0.2, 0.25) is 0 Å². The quantitative estimate of drug-likeness (QED) is 0.277. The zero-order valence-corrected chi connectivity index (χ0v) is 14.5. The molecule has 0 amide bonds. The highest BCUT2D eigenvalue weighted by Crippen LogP contribution is 2.02. The number of hydrogen-bond donors (Lipinski definition) is 0. The van der Waals surface area contributed by atoms with Crippen LogP contribution in [0.4, 0.5) is 0 Å². The predicted octanol–water partition coefficient (Wildman–Crippen LogP) is 3.58. The Bertz CT molecular complexity index is 351. The number of rotatable bonds is 14. The number of carbonyl (C=O) groups excluding carboxylic acids is 2. The molecule has 0 bridgehead atoms. The fourth-order valence-corrected chi connectivity index (χ4v) is 1.64. The molecule has 0 aliphatic heterocycles. The highest BCUT2D eigenvalue weighted by atomic mass is 16.5. The normalized spacial score (nSPS) is 10.2. The smallest absolute Gasteiger partial charge is 0.333 e. The topological polar surface area (TPSA) is 61.8 Å². The Morgan fingerprint density at radius 3 is 1.35 bits per heavy atom. The van der Waals surface area contributed by atoms with Crippen LogP contribution in [0.3, 0.4) is 0 Å². The molecule has 0 heterocycles. The van der Waals surface area contributed by atoms with Crippen LogP contribution in [-0.2, 0) is 23.8 Å². The summed E-state index contributed by atoms with van der Waals surface area (Å²) in [4.78, 5) is 22.2. The third kappa shape index (κ3) is 13.7. The largest absolute Gasteiger partial charge is 0.462 e. The van der Waals surface area contributed by atoms with Crippen LogP contribution in [-0.4, -0.2) is 38.4 Å². The van der Waals surface area contributed by atoms with Crippen molar-refractivity contribution in [3.05, 3.63) is 24.3 Å². The first kappa shape index (κ1) is 21.4. The van der Waals surface area contributed by atoms with Crippen LogP contribution in [0.5, 0.6) is 0 Å². The molecule has 0 spiro atoms. The van der Waals surface area contributed by atoms with Crippen molar-refractivity contribution >= 4 is 11.9 Å². The van der Waals surface area contributed by atoms with Gasteiger partial charge in [-0.15, -0.1) is 0 Å². The van der Waals surface area contributed by atoms with Gasteiger partial charge in [0.2, 0.25) is 0 Å². The summed E-state index contributed by atoms with van der Waals surface area (Å²) in [7, 11) is 0. The van der Waals surface area contributed by atoms with Crippen LogP contribution < -0.4 is 0 Å². The molecule has 0 saturated heterocycles. The molecule has 0 aromatic carbocycles. The van der Waals surface area contributed by atoms with Crippen LogP contribution in [0.1, 0.15) is 52.4 Å². The molecule has 0 aliphatic carbocycles. The highest BCUT2D eigenvalue weighted by molar-refractivity contribution is 5.87. The molecule has 0 saturated carbocycles. The molecule has 0 radical (unpaired) electrons. The summed E-state index contributed by atoms with van der Waals surface area (Å²) in [6.07, 6.45) is 5.55. The Morgan fingerprint density at radius 2 is 1.00 bits per heavy atom. The fourth-order valence-electron chi connectivity index (χ4n) is 1.64. The zero-order valence-electron chi connectivity index (χ0n) is 14.5. The van der Waals surface area contributed by atoms with Gasteiger partial charge in [-0.3, -0.25) is 0 Å². The summed E-state index contributed by atoms with van der Waals surface area (Å²) in [5.41, 5.74) is 0.866. The Kier molecular flexibility index (Phi) is 13.0. The van der Waals surface area contributed by atoms with Gasteiger partial charge in [-0.2, -0.15) is 0 Å². The van der Waals surface area contributed by atoms with Crippen molar-refractivity contribution in [2.75, 3.05) is 26.4 Å². The molecular formula is C18H30O5. The molecular weight excluding hydrogens is 296 g/mol. The van der Waals surface area contributed by atoms with Crippen LogP contribution in [0.25, 0.3) is 0 Å². The van der Waals surface area contributed by atoms with E-state index in [9.17, 15) is 9.59 Å². The van der Waals surface area contributed by atoms with E-state index in [-0.39, 0.29) is 11.9 Å². The SMILES string of the molecule is C=C(C)C(=O)OCCCCCOCCCCCOC(=O)C(=C)C. The number of carbonyl (C=O) groups is 2. The molecule has 0 atom stereocenters. The van der Waals surface area contributed by atoms with Crippen LogP contribution in [0.15, 0.2) is 24.3 Å². The Labute approximate surface area is 139 Å². The molecule has 0 aromatic rings. The molecule has 0 aromatic heterocycles. The first-order chi connectivity index (χ1) is 10.9. The molecule has 5 nitrogen and oxygen atoms in total. The minimum absolute atomic E-state index is 0.324. The number of hydrogen-bond acceptors (Lipinski definition) is 5. The highest BCUT2D eigenvalue weighted by Gasteiger charge is 2.02. The lowest BCUT2D eigenvalue weighted by Gasteiger charge is -2.06. The lowest BCUT2D eigenvalue weighted by Crippen LogP contribution is -2.07. The van der Waals surface area contributed by atoms with Gasteiger partial charge in [-0.05, 0) is 52.4 Å². The summed E-state index contributed by atoms with van der Waals surface area (Å²) in [6, 6.07) is 0. The molecule has 0 rings (SSSR count). The van der Waals surface area contributed by atoms with Gasteiger partial charge in [0.05, 0.1) is 13.2 Å². The fraction of sp³-hybridized carbons (Fsp3) is 0.667. The van der Waals surface area contributed by atoms with Gasteiger partial charge in [-0.25, -0.2) is 9.59 Å². The summed E-state index contributed by atoms with van der Waals surface area (Å²) in [6.45, 7) is 12.6. The lowest BCUT2D eigenvalue weighted by molar-refractivity contribution is -0.139. The van der Waals surface area contributed by atoms with Crippen molar-refractivity contribution in [2.45, 2.75) is 52.4 Å². The van der Waals surface area contributed by atoms with Gasteiger partial charge < -0.3 is 14.2 Å². The minimum atomic E-state index is -0.324. The van der Waals surface area contributed by atoms with E-state index in [4.69, 9.17) is 14.2 Å². The van der Waals surface area contributed by atoms with Crippen LogP contribution >= 0.6 is 0 Å². The monoisotopic (exact) mass is 326 g/mol. The summed E-state index contributed by atoms with van der Waals surface area (Å²) < 4.78 is 15.5. The Hall–Kier alpha value is -1.62. The first-order valence-electron chi connectivity index (χ1n) is 8.18. The van der Waals surface area contributed by atoms with E-state index >= 15 is 0 Å². The molecule has 23 heavy (non-hydrogen) atoms. The van der Waals surface area contributed by atoms with Gasteiger partial charge in [-0.1, -0.05) is 13.2 Å². The number of ether oxygens (including phenoxy) is 3. The Morgan fingerprint density at radius 1 is 0.652 bits per heavy atom. The van der Waals surface area contributed by atoms with Gasteiger partial charge in [0, 0.05) is 24.4 Å². The standard InChI is InChI=1S/C18H30O5/c1-15(2)17(19)22-13-9-5-7-11-21-12-8-6-10-14-23-18(20)16(3)4/h1,3,5-14H2,2,4H3. The second-order valence-electron chi connectivity index (χ2n) is 5.57. The molecule has 5 heteroatoms. The lowest BCUT2D eigenvalue weighted by atomic mass is 10.2. The van der Waals surface area contributed by atoms with E-state index in [1.165, 1.54) is 0 Å². The van der Waals surface area contributed by atoms with Crippen molar-refractivity contribution in [2.24, 2.45) is 0 Å². The molecule has 132 valence electrons. The maximum atomic E-state index is 11.1. The van der Waals surface area contributed by atoms with Gasteiger partial charge >= 0.3 is 11.9 Å². The summed E-state index contributed by atoms with van der Waals surface area (Å²) >= 11 is 0. The minimum Gasteiger partial charge on any atom is -0.462 e. The third-order valence-corrected chi connectivity index (χ3v) is 3.03. The van der Waals surface area contributed by atoms with E-state index < -0.39 is 0 Å². The number of unbranched alkanes of at least 4 members (excludes halogenated alkanes) is 4. The zero-order chi connectivity index (χ0) is 17.5. The van der Waals surface area contributed by atoms with Crippen molar-refractivity contribution < 1.29 is 23.8 Å². The maximum Gasteiger partial charge on any atom is 0.333 e. The second kappa shape index (κ2) is 14.0. The third-order valence-electron chi connectivity index (χ3n) is 3.03. The van der Waals surface area contributed by atoms with Crippen LogP contribution in [0, 0.1) is 0 Å². The predicted molar refractivity (Wildman–Crippen MR) is 90.1 cm³/mol. The van der Waals surface area contributed by atoms with Crippen molar-refractivity contribution in [1.82, 2.24) is 0 Å². The average molecular weight is 326 g/mol. The Balaban J connectivity index is 3.19. The number of esters is 2. The van der Waals surface area contributed by atoms with E-state index in [0.29, 0.717) is 24.4 Å². The average Bonchev–Trinajstić information content (AvgIpc) is 2.50. The van der Waals surface area contributed by atoms with Crippen molar-refractivity contribution in [1.29, 1.82) is 0 Å². The first-order valence-corrected chi connectivity index (χ1v) is 8.18. The van der Waals surface area contributed by atoms with E-state index in [0.717, 1.165) is 51.7 Å². The molecule has 0 unspecified atom stereocenters. The van der Waals surface area contributed by atoms with E-state index in [2.05, 4.69) is 13.2 Å². The summed E-state index contributed by atoms with van der Waals surface area (Å²) in [5, 5.41) is 0. The van der Waals surface area contributed by atoms with E-state index in [1.807, 2.05) is 0 Å². The van der Waals surface area contributed by atoms with E-state index in [1.54, 1.807) is 13.8 Å². The van der Waals surface area contributed by atoms with Crippen molar-refractivity contribution in [3.63, 3.8) is 0 Å².